The zero-order chi connectivity index (χ0) is 27.8. The Morgan fingerprint density at radius 2 is 1.76 bits per heavy atom. The van der Waals surface area contributed by atoms with Crippen molar-refractivity contribution in [3.63, 3.8) is 0 Å². The number of rotatable bonds is 5. The predicted molar refractivity (Wildman–Crippen MR) is 133 cm³/mol. The van der Waals surface area contributed by atoms with Gasteiger partial charge in [0.2, 0.25) is 0 Å². The molecular formula is C27H20Cl2F5N3O. The third-order valence-electron chi connectivity index (χ3n) is 6.61. The summed E-state index contributed by atoms with van der Waals surface area (Å²) in [4.78, 5) is 16.5. The number of amides is 1. The molecule has 11 heteroatoms. The molecule has 0 bridgehead atoms. The monoisotopic (exact) mass is 567 g/mol. The molecule has 38 heavy (non-hydrogen) atoms. The summed E-state index contributed by atoms with van der Waals surface area (Å²) < 4.78 is 67.7. The standard InChI is InChI=1S/C27H20Cl2F5N3O/c1-36(12-16-3-6-20(24(31)9-16)27(32,33)34)25-14-37(13-19(25)17-4-7-21(28)22(29)10-17)26(38)18-5-2-15(11-35)8-23(18)30/h2-10,19,25H,12-14H2,1H3/t19-,25?/m1/s1. The molecule has 1 fully saturated rings. The molecule has 1 amide bonds. The zero-order valence-corrected chi connectivity index (χ0v) is 21.4. The lowest BCUT2D eigenvalue weighted by Crippen LogP contribution is -2.38. The SMILES string of the molecule is CN(Cc1ccc(C(F)(F)F)c(F)c1)C1CN(C(=O)c2ccc(C#N)cc2F)C[C@@H]1c1ccc(Cl)c(Cl)c1. The number of hydrogen-bond acceptors (Lipinski definition) is 3. The first kappa shape index (κ1) is 27.8. The molecular weight excluding hydrogens is 548 g/mol. The molecule has 3 aromatic carbocycles. The van der Waals surface area contributed by atoms with Crippen LogP contribution in [0.25, 0.3) is 0 Å². The Labute approximate surface area is 225 Å². The van der Waals surface area contributed by atoms with Gasteiger partial charge in [-0.3, -0.25) is 9.69 Å². The van der Waals surface area contributed by atoms with Gasteiger partial charge in [-0.15, -0.1) is 0 Å². The van der Waals surface area contributed by atoms with Crippen LogP contribution in [-0.4, -0.2) is 41.9 Å². The molecule has 1 heterocycles. The van der Waals surface area contributed by atoms with E-state index in [9.17, 15) is 26.7 Å². The highest BCUT2D eigenvalue weighted by Crippen LogP contribution is 2.36. The lowest BCUT2D eigenvalue weighted by Gasteiger charge is -2.29. The van der Waals surface area contributed by atoms with Crippen molar-refractivity contribution in [3.8, 4) is 6.07 Å². The molecule has 1 unspecified atom stereocenters. The highest BCUT2D eigenvalue weighted by atomic mass is 35.5. The van der Waals surface area contributed by atoms with Crippen LogP contribution in [0, 0.1) is 23.0 Å². The Bertz CT molecular complexity index is 1420. The van der Waals surface area contributed by atoms with Crippen molar-refractivity contribution in [1.29, 1.82) is 5.26 Å². The maximum Gasteiger partial charge on any atom is 0.419 e. The second-order valence-electron chi connectivity index (χ2n) is 9.09. The molecule has 0 spiro atoms. The lowest BCUT2D eigenvalue weighted by atomic mass is 9.93. The number of alkyl halides is 3. The van der Waals surface area contributed by atoms with Crippen LogP contribution < -0.4 is 0 Å². The van der Waals surface area contributed by atoms with E-state index in [1.165, 1.54) is 23.1 Å². The van der Waals surface area contributed by atoms with Crippen molar-refractivity contribution in [2.75, 3.05) is 20.1 Å². The molecule has 1 saturated heterocycles. The smallest absolute Gasteiger partial charge is 0.336 e. The van der Waals surface area contributed by atoms with E-state index in [4.69, 9.17) is 28.5 Å². The van der Waals surface area contributed by atoms with E-state index in [2.05, 4.69) is 0 Å². The van der Waals surface area contributed by atoms with E-state index in [-0.39, 0.29) is 42.7 Å². The Hall–Kier alpha value is -3.19. The average molecular weight is 568 g/mol. The van der Waals surface area contributed by atoms with Crippen molar-refractivity contribution in [2.45, 2.75) is 24.7 Å². The number of hydrogen-bond donors (Lipinski definition) is 0. The van der Waals surface area contributed by atoms with Crippen molar-refractivity contribution in [1.82, 2.24) is 9.80 Å². The lowest BCUT2D eigenvalue weighted by molar-refractivity contribution is -0.140. The number of nitriles is 1. The molecule has 2 atom stereocenters. The number of carbonyl (C=O) groups is 1. The van der Waals surface area contributed by atoms with Crippen LogP contribution >= 0.6 is 23.2 Å². The van der Waals surface area contributed by atoms with Crippen LogP contribution in [0.1, 0.15) is 38.5 Å². The molecule has 0 N–H and O–H groups in total. The van der Waals surface area contributed by atoms with Gasteiger partial charge in [0.1, 0.15) is 11.6 Å². The first-order valence-electron chi connectivity index (χ1n) is 11.4. The zero-order valence-electron chi connectivity index (χ0n) is 19.9. The molecule has 1 aliphatic rings. The van der Waals surface area contributed by atoms with E-state index >= 15 is 0 Å². The number of nitrogens with zero attached hydrogens (tertiary/aromatic N) is 3. The van der Waals surface area contributed by atoms with E-state index in [1.807, 2.05) is 6.07 Å². The minimum absolute atomic E-state index is 0.0792. The van der Waals surface area contributed by atoms with E-state index in [0.29, 0.717) is 21.7 Å². The van der Waals surface area contributed by atoms with Crippen molar-refractivity contribution in [3.05, 3.63) is 104 Å². The molecule has 0 aromatic heterocycles. The topological polar surface area (TPSA) is 47.3 Å². The first-order valence-corrected chi connectivity index (χ1v) is 12.1. The number of halogens is 7. The summed E-state index contributed by atoms with van der Waals surface area (Å²) in [5.41, 5.74) is -0.389. The quantitative estimate of drug-likeness (QED) is 0.315. The highest BCUT2D eigenvalue weighted by Gasteiger charge is 2.40. The summed E-state index contributed by atoms with van der Waals surface area (Å²) in [5.74, 6) is -3.09. The van der Waals surface area contributed by atoms with E-state index in [0.717, 1.165) is 17.7 Å². The highest BCUT2D eigenvalue weighted by molar-refractivity contribution is 6.42. The molecule has 0 saturated carbocycles. The number of likely N-dealkylation sites (tertiary alicyclic amines) is 1. The summed E-state index contributed by atoms with van der Waals surface area (Å²) in [6, 6.07) is 12.8. The second-order valence-corrected chi connectivity index (χ2v) is 9.91. The van der Waals surface area contributed by atoms with E-state index in [1.54, 1.807) is 30.1 Å². The molecule has 1 aliphatic heterocycles. The van der Waals surface area contributed by atoms with Crippen LogP contribution in [-0.2, 0) is 12.7 Å². The first-order chi connectivity index (χ1) is 17.9. The summed E-state index contributed by atoms with van der Waals surface area (Å²) >= 11 is 12.3. The summed E-state index contributed by atoms with van der Waals surface area (Å²) in [5, 5.41) is 9.62. The maximum atomic E-state index is 14.6. The second kappa shape index (κ2) is 10.9. The minimum atomic E-state index is -4.81. The van der Waals surface area contributed by atoms with Crippen molar-refractivity contribution >= 4 is 29.1 Å². The third kappa shape index (κ3) is 5.78. The normalized spacial score (nSPS) is 17.6. The number of benzene rings is 3. The van der Waals surface area contributed by atoms with Gasteiger partial charge in [0.15, 0.2) is 0 Å². The Morgan fingerprint density at radius 1 is 1.03 bits per heavy atom. The molecule has 3 aromatic rings. The van der Waals surface area contributed by atoms with Gasteiger partial charge in [0.25, 0.3) is 5.91 Å². The molecule has 198 valence electrons. The van der Waals surface area contributed by atoms with Crippen LogP contribution in [0.15, 0.2) is 54.6 Å². The van der Waals surface area contributed by atoms with Crippen molar-refractivity contribution in [2.24, 2.45) is 0 Å². The number of likely N-dealkylation sites (N-methyl/N-ethyl adjacent to an activating group) is 1. The fraction of sp³-hybridized carbons (Fsp3) is 0.259. The van der Waals surface area contributed by atoms with Gasteiger partial charge >= 0.3 is 6.18 Å². The Morgan fingerprint density at radius 3 is 2.37 bits per heavy atom. The van der Waals surface area contributed by atoms with Crippen molar-refractivity contribution < 1.29 is 26.7 Å². The van der Waals surface area contributed by atoms with Gasteiger partial charge < -0.3 is 4.90 Å². The third-order valence-corrected chi connectivity index (χ3v) is 7.35. The van der Waals surface area contributed by atoms with Crippen LogP contribution in [0.4, 0.5) is 22.0 Å². The predicted octanol–water partition coefficient (Wildman–Crippen LogP) is 6.90. The fourth-order valence-electron chi connectivity index (χ4n) is 4.69. The average Bonchev–Trinajstić information content (AvgIpc) is 3.30. The van der Waals surface area contributed by atoms with Crippen LogP contribution in [0.5, 0.6) is 0 Å². The van der Waals surface area contributed by atoms with Gasteiger partial charge in [0.05, 0.1) is 32.8 Å². The van der Waals surface area contributed by atoms with Gasteiger partial charge in [-0.25, -0.2) is 8.78 Å². The number of carbonyl (C=O) groups excluding carboxylic acids is 1. The fourth-order valence-corrected chi connectivity index (χ4v) is 5.00. The van der Waals surface area contributed by atoms with Gasteiger partial charge in [-0.1, -0.05) is 35.3 Å². The Kier molecular flexibility index (Phi) is 7.98. The molecule has 4 nitrogen and oxygen atoms in total. The van der Waals surface area contributed by atoms with E-state index < -0.39 is 29.3 Å². The van der Waals surface area contributed by atoms with Crippen LogP contribution in [0.3, 0.4) is 0 Å². The van der Waals surface area contributed by atoms with Gasteiger partial charge in [0, 0.05) is 31.6 Å². The summed E-state index contributed by atoms with van der Waals surface area (Å²) in [7, 11) is 1.71. The van der Waals surface area contributed by atoms with Crippen LogP contribution in [0.2, 0.25) is 10.0 Å². The molecule has 0 aliphatic carbocycles. The minimum Gasteiger partial charge on any atom is -0.336 e. The molecule has 0 radical (unpaired) electrons. The summed E-state index contributed by atoms with van der Waals surface area (Å²) in [6.45, 7) is 0.431. The largest absolute Gasteiger partial charge is 0.419 e. The summed E-state index contributed by atoms with van der Waals surface area (Å²) in [6.07, 6.45) is -4.81. The Balaban J connectivity index is 1.63. The van der Waals surface area contributed by atoms with Gasteiger partial charge in [-0.05, 0) is 60.6 Å². The maximum absolute atomic E-state index is 14.6. The van der Waals surface area contributed by atoms with Gasteiger partial charge in [-0.2, -0.15) is 18.4 Å². The molecule has 4 rings (SSSR count).